The summed E-state index contributed by atoms with van der Waals surface area (Å²) < 4.78 is 10.6. The maximum Gasteiger partial charge on any atom is 0.247 e. The van der Waals surface area contributed by atoms with Crippen molar-refractivity contribution in [3.8, 4) is 11.5 Å². The van der Waals surface area contributed by atoms with Crippen molar-refractivity contribution in [2.24, 2.45) is 5.73 Å². The van der Waals surface area contributed by atoms with Crippen molar-refractivity contribution in [3.63, 3.8) is 0 Å². The van der Waals surface area contributed by atoms with E-state index in [0.717, 1.165) is 0 Å². The minimum absolute atomic E-state index is 0.149. The summed E-state index contributed by atoms with van der Waals surface area (Å²) in [5.74, 6) is 1.15. The van der Waals surface area contributed by atoms with Gasteiger partial charge in [0.1, 0.15) is 24.1 Å². The molecule has 16 heavy (non-hydrogen) atoms. The van der Waals surface area contributed by atoms with Crippen LogP contribution < -0.4 is 20.1 Å². The molecule has 1 atom stereocenters. The number of fused-ring (bicyclic) bond motifs is 1. The molecule has 0 saturated heterocycles. The highest BCUT2D eigenvalue weighted by molar-refractivity contribution is 5.98. The van der Waals surface area contributed by atoms with Crippen LogP contribution >= 0.6 is 0 Å². The number of carbonyl (C=O) groups is 1. The standard InChI is InChI=1S/C11H14N2O3/c1-13-9-4-3-7(15-2)5-10(9)16-6-8(12)11(13)14/h3-5,8H,6,12H2,1-2H3/t8-/m0/s1. The van der Waals surface area contributed by atoms with Gasteiger partial charge in [0.2, 0.25) is 5.91 Å². The minimum atomic E-state index is -0.622. The molecule has 0 radical (unpaired) electrons. The van der Waals surface area contributed by atoms with Gasteiger partial charge in [0.05, 0.1) is 12.8 Å². The van der Waals surface area contributed by atoms with Crippen molar-refractivity contribution >= 4 is 11.6 Å². The van der Waals surface area contributed by atoms with Crippen LogP contribution in [0.1, 0.15) is 0 Å². The number of rotatable bonds is 1. The molecular formula is C11H14N2O3. The smallest absolute Gasteiger partial charge is 0.247 e. The number of methoxy groups -OCH3 is 1. The van der Waals surface area contributed by atoms with E-state index in [2.05, 4.69) is 0 Å². The molecule has 1 aromatic rings. The van der Waals surface area contributed by atoms with Gasteiger partial charge in [-0.2, -0.15) is 0 Å². The molecule has 2 rings (SSSR count). The van der Waals surface area contributed by atoms with Crippen LogP contribution in [-0.2, 0) is 4.79 Å². The number of benzene rings is 1. The predicted molar refractivity (Wildman–Crippen MR) is 59.9 cm³/mol. The molecule has 0 bridgehead atoms. The molecule has 0 aliphatic carbocycles. The SMILES string of the molecule is COc1ccc2c(c1)OC[C@H](N)C(=O)N2C. The number of hydrogen-bond donors (Lipinski definition) is 1. The van der Waals surface area contributed by atoms with Gasteiger partial charge in [-0.05, 0) is 12.1 Å². The average Bonchev–Trinajstić information content (AvgIpc) is 2.42. The summed E-state index contributed by atoms with van der Waals surface area (Å²) in [6, 6.07) is 4.69. The summed E-state index contributed by atoms with van der Waals surface area (Å²) >= 11 is 0. The number of likely N-dealkylation sites (N-methyl/N-ethyl adjacent to an activating group) is 1. The Kier molecular flexibility index (Phi) is 2.70. The summed E-state index contributed by atoms with van der Waals surface area (Å²) in [5.41, 5.74) is 6.38. The Hall–Kier alpha value is -1.75. The highest BCUT2D eigenvalue weighted by atomic mass is 16.5. The molecule has 1 heterocycles. The van der Waals surface area contributed by atoms with Crippen LogP contribution in [0, 0.1) is 0 Å². The van der Waals surface area contributed by atoms with E-state index in [1.54, 1.807) is 32.4 Å². The predicted octanol–water partition coefficient (Wildman–Crippen LogP) is 0.378. The second kappa shape index (κ2) is 4.02. The zero-order valence-corrected chi connectivity index (χ0v) is 9.27. The lowest BCUT2D eigenvalue weighted by molar-refractivity contribution is -0.119. The van der Waals surface area contributed by atoms with E-state index in [-0.39, 0.29) is 12.5 Å². The lowest BCUT2D eigenvalue weighted by atomic mass is 10.2. The molecular weight excluding hydrogens is 208 g/mol. The summed E-state index contributed by atoms with van der Waals surface area (Å²) in [4.78, 5) is 13.3. The Morgan fingerprint density at radius 3 is 3.00 bits per heavy atom. The Morgan fingerprint density at radius 1 is 1.56 bits per heavy atom. The van der Waals surface area contributed by atoms with Gasteiger partial charge in [0.15, 0.2) is 0 Å². The average molecular weight is 222 g/mol. The Bertz CT molecular complexity index is 420. The molecule has 5 nitrogen and oxygen atoms in total. The van der Waals surface area contributed by atoms with Crippen molar-refractivity contribution in [1.29, 1.82) is 0 Å². The lowest BCUT2D eigenvalue weighted by Crippen LogP contribution is -2.43. The third-order valence-electron chi connectivity index (χ3n) is 2.59. The van der Waals surface area contributed by atoms with Gasteiger partial charge < -0.3 is 20.1 Å². The van der Waals surface area contributed by atoms with Crippen LogP contribution in [0.3, 0.4) is 0 Å². The second-order valence-corrected chi connectivity index (χ2v) is 3.65. The molecule has 0 spiro atoms. The largest absolute Gasteiger partial charge is 0.497 e. The molecule has 0 saturated carbocycles. The van der Waals surface area contributed by atoms with Crippen LogP contribution in [0.2, 0.25) is 0 Å². The van der Waals surface area contributed by atoms with Crippen LogP contribution in [0.5, 0.6) is 11.5 Å². The van der Waals surface area contributed by atoms with E-state index in [4.69, 9.17) is 15.2 Å². The topological polar surface area (TPSA) is 64.8 Å². The molecule has 1 aliphatic heterocycles. The first kappa shape index (κ1) is 10.8. The number of nitrogens with two attached hydrogens (primary N) is 1. The number of hydrogen-bond acceptors (Lipinski definition) is 4. The van der Waals surface area contributed by atoms with E-state index < -0.39 is 6.04 Å². The molecule has 1 aliphatic rings. The van der Waals surface area contributed by atoms with Crippen molar-refractivity contribution in [3.05, 3.63) is 18.2 Å². The van der Waals surface area contributed by atoms with Crippen LogP contribution in [-0.4, -0.2) is 32.7 Å². The van der Waals surface area contributed by atoms with E-state index in [1.807, 2.05) is 0 Å². The van der Waals surface area contributed by atoms with Crippen LogP contribution in [0.15, 0.2) is 18.2 Å². The van der Waals surface area contributed by atoms with E-state index >= 15 is 0 Å². The summed E-state index contributed by atoms with van der Waals surface area (Å²) in [6.07, 6.45) is 0. The zero-order chi connectivity index (χ0) is 11.7. The molecule has 2 N–H and O–H groups in total. The lowest BCUT2D eigenvalue weighted by Gasteiger charge is -2.17. The molecule has 1 amide bonds. The van der Waals surface area contributed by atoms with E-state index in [9.17, 15) is 4.79 Å². The first-order valence-corrected chi connectivity index (χ1v) is 4.97. The van der Waals surface area contributed by atoms with Crippen molar-refractivity contribution in [1.82, 2.24) is 0 Å². The highest BCUT2D eigenvalue weighted by Crippen LogP contribution is 2.33. The Labute approximate surface area is 93.7 Å². The zero-order valence-electron chi connectivity index (χ0n) is 9.27. The first-order valence-electron chi connectivity index (χ1n) is 4.97. The number of carbonyl (C=O) groups excluding carboxylic acids is 1. The molecule has 0 fully saturated rings. The normalized spacial score (nSPS) is 19.8. The van der Waals surface area contributed by atoms with E-state index in [0.29, 0.717) is 17.2 Å². The number of amides is 1. The number of nitrogens with zero attached hydrogens (tertiary/aromatic N) is 1. The fourth-order valence-electron chi connectivity index (χ4n) is 1.63. The quantitative estimate of drug-likeness (QED) is 0.746. The third kappa shape index (κ3) is 1.69. The summed E-state index contributed by atoms with van der Waals surface area (Å²) in [6.45, 7) is 0.184. The van der Waals surface area contributed by atoms with Crippen LogP contribution in [0.25, 0.3) is 0 Å². The van der Waals surface area contributed by atoms with E-state index in [1.165, 1.54) is 4.90 Å². The van der Waals surface area contributed by atoms with Gasteiger partial charge >= 0.3 is 0 Å². The number of anilines is 1. The van der Waals surface area contributed by atoms with Crippen molar-refractivity contribution in [2.45, 2.75) is 6.04 Å². The van der Waals surface area contributed by atoms with Gasteiger partial charge in [0, 0.05) is 13.1 Å². The molecule has 0 aromatic heterocycles. The fourth-order valence-corrected chi connectivity index (χ4v) is 1.63. The highest BCUT2D eigenvalue weighted by Gasteiger charge is 2.26. The maximum absolute atomic E-state index is 11.8. The Morgan fingerprint density at radius 2 is 2.31 bits per heavy atom. The molecule has 86 valence electrons. The minimum Gasteiger partial charge on any atom is -0.497 e. The van der Waals surface area contributed by atoms with Crippen molar-refractivity contribution < 1.29 is 14.3 Å². The molecule has 5 heteroatoms. The Balaban J connectivity index is 2.43. The van der Waals surface area contributed by atoms with Gasteiger partial charge in [-0.25, -0.2) is 0 Å². The summed E-state index contributed by atoms with van der Waals surface area (Å²) in [5, 5.41) is 0. The van der Waals surface area contributed by atoms with Gasteiger partial charge in [-0.15, -0.1) is 0 Å². The van der Waals surface area contributed by atoms with Gasteiger partial charge in [-0.1, -0.05) is 0 Å². The van der Waals surface area contributed by atoms with Gasteiger partial charge in [-0.3, -0.25) is 4.79 Å². The molecule has 0 unspecified atom stereocenters. The fraction of sp³-hybridized carbons (Fsp3) is 0.364. The third-order valence-corrected chi connectivity index (χ3v) is 2.59. The number of ether oxygens (including phenoxy) is 2. The molecule has 1 aromatic carbocycles. The van der Waals surface area contributed by atoms with Crippen molar-refractivity contribution in [2.75, 3.05) is 25.7 Å². The maximum atomic E-state index is 11.8. The van der Waals surface area contributed by atoms with Gasteiger partial charge in [0.25, 0.3) is 0 Å². The first-order chi connectivity index (χ1) is 7.63. The summed E-state index contributed by atoms with van der Waals surface area (Å²) in [7, 11) is 3.27. The second-order valence-electron chi connectivity index (χ2n) is 3.65. The monoisotopic (exact) mass is 222 g/mol. The van der Waals surface area contributed by atoms with Crippen LogP contribution in [0.4, 0.5) is 5.69 Å².